The SMILES string of the molecule is CCc1cc(-c2ccc(C(F)(F)F)c(F)c2)ccc1NS(=O)O. The molecule has 3 nitrogen and oxygen atoms in total. The number of aryl methyl sites for hydroxylation is 1. The number of halogens is 4. The van der Waals surface area contributed by atoms with Gasteiger partial charge in [-0.15, -0.1) is 0 Å². The molecule has 124 valence electrons. The van der Waals surface area contributed by atoms with Crippen LogP contribution in [0.4, 0.5) is 23.2 Å². The summed E-state index contributed by atoms with van der Waals surface area (Å²) in [5.41, 5.74) is 0.617. The lowest BCUT2D eigenvalue weighted by Gasteiger charge is -2.12. The molecule has 0 spiro atoms. The van der Waals surface area contributed by atoms with E-state index in [0.717, 1.165) is 6.07 Å². The van der Waals surface area contributed by atoms with Crippen LogP contribution in [0.5, 0.6) is 0 Å². The molecule has 0 radical (unpaired) electrons. The van der Waals surface area contributed by atoms with E-state index in [-0.39, 0.29) is 0 Å². The van der Waals surface area contributed by atoms with Crippen molar-refractivity contribution in [3.8, 4) is 11.1 Å². The summed E-state index contributed by atoms with van der Waals surface area (Å²) in [6, 6.07) is 7.42. The first-order valence-corrected chi connectivity index (χ1v) is 7.70. The highest BCUT2D eigenvalue weighted by Gasteiger charge is 2.33. The first-order chi connectivity index (χ1) is 10.7. The first-order valence-electron chi connectivity index (χ1n) is 6.60. The van der Waals surface area contributed by atoms with Gasteiger partial charge in [-0.05, 0) is 47.4 Å². The van der Waals surface area contributed by atoms with Crippen molar-refractivity contribution in [3.05, 3.63) is 53.3 Å². The number of anilines is 1. The third kappa shape index (κ3) is 4.08. The number of benzene rings is 2. The maximum Gasteiger partial charge on any atom is 0.419 e. The Morgan fingerprint density at radius 1 is 1.13 bits per heavy atom. The Labute approximate surface area is 132 Å². The lowest BCUT2D eigenvalue weighted by Crippen LogP contribution is -2.08. The Morgan fingerprint density at radius 2 is 1.74 bits per heavy atom. The minimum absolute atomic E-state index is 0.293. The summed E-state index contributed by atoms with van der Waals surface area (Å²) in [6.07, 6.45) is -4.22. The van der Waals surface area contributed by atoms with Crippen LogP contribution in [0, 0.1) is 5.82 Å². The van der Waals surface area contributed by atoms with Crippen molar-refractivity contribution in [3.63, 3.8) is 0 Å². The zero-order valence-electron chi connectivity index (χ0n) is 11.9. The summed E-state index contributed by atoms with van der Waals surface area (Å²) >= 11 is -2.23. The largest absolute Gasteiger partial charge is 0.419 e. The van der Waals surface area contributed by atoms with E-state index in [1.54, 1.807) is 6.07 Å². The standard InChI is InChI=1S/C15H13F4NO2S/c1-2-9-7-10(4-6-14(9)20-23(21)22)11-3-5-12(13(16)8-11)15(17,18)19/h3-8,20H,2H2,1H3,(H,21,22). The van der Waals surface area contributed by atoms with Crippen molar-refractivity contribution in [2.24, 2.45) is 0 Å². The molecule has 23 heavy (non-hydrogen) atoms. The molecule has 0 fully saturated rings. The molecule has 2 aromatic carbocycles. The predicted molar refractivity (Wildman–Crippen MR) is 80.6 cm³/mol. The van der Waals surface area contributed by atoms with Crippen LogP contribution in [0.3, 0.4) is 0 Å². The van der Waals surface area contributed by atoms with E-state index in [1.807, 2.05) is 6.92 Å². The van der Waals surface area contributed by atoms with E-state index in [4.69, 9.17) is 4.55 Å². The molecule has 1 unspecified atom stereocenters. The average Bonchev–Trinajstić information content (AvgIpc) is 2.45. The van der Waals surface area contributed by atoms with Gasteiger partial charge in [-0.3, -0.25) is 9.27 Å². The summed E-state index contributed by atoms with van der Waals surface area (Å²) in [6.45, 7) is 1.82. The van der Waals surface area contributed by atoms with Crippen LogP contribution in [0.2, 0.25) is 0 Å². The van der Waals surface area contributed by atoms with Crippen LogP contribution >= 0.6 is 0 Å². The van der Waals surface area contributed by atoms with E-state index in [0.29, 0.717) is 34.9 Å². The molecule has 2 N–H and O–H groups in total. The molecule has 2 aromatic rings. The number of rotatable bonds is 4. The monoisotopic (exact) mass is 347 g/mol. The van der Waals surface area contributed by atoms with Crippen molar-refractivity contribution < 1.29 is 26.3 Å². The molecular formula is C15H13F4NO2S. The van der Waals surface area contributed by atoms with Gasteiger partial charge < -0.3 is 0 Å². The number of hydrogen-bond donors (Lipinski definition) is 2. The molecule has 0 heterocycles. The van der Waals surface area contributed by atoms with Crippen molar-refractivity contribution >= 4 is 17.0 Å². The second kappa shape index (κ2) is 6.67. The summed E-state index contributed by atoms with van der Waals surface area (Å²) < 4.78 is 73.4. The highest BCUT2D eigenvalue weighted by atomic mass is 32.2. The Kier molecular flexibility index (Phi) is 5.06. The van der Waals surface area contributed by atoms with Crippen LogP contribution in [-0.2, 0) is 23.9 Å². The molecule has 0 aromatic heterocycles. The summed E-state index contributed by atoms with van der Waals surface area (Å²) in [5.74, 6) is -1.34. The smallest absolute Gasteiger partial charge is 0.289 e. The van der Waals surface area contributed by atoms with Crippen LogP contribution in [0.1, 0.15) is 18.1 Å². The highest BCUT2D eigenvalue weighted by Crippen LogP contribution is 2.34. The van der Waals surface area contributed by atoms with Gasteiger partial charge >= 0.3 is 6.18 Å². The maximum atomic E-state index is 13.7. The van der Waals surface area contributed by atoms with Gasteiger partial charge in [0.15, 0.2) is 0 Å². The number of nitrogens with one attached hydrogen (secondary N) is 1. The summed E-state index contributed by atoms with van der Waals surface area (Å²) in [5, 5.41) is 0. The third-order valence-electron chi connectivity index (χ3n) is 3.29. The summed E-state index contributed by atoms with van der Waals surface area (Å²) in [4.78, 5) is 0. The lowest BCUT2D eigenvalue weighted by molar-refractivity contribution is -0.139. The van der Waals surface area contributed by atoms with Gasteiger partial charge in [0.1, 0.15) is 5.82 Å². The molecule has 0 aliphatic carbocycles. The van der Waals surface area contributed by atoms with Gasteiger partial charge in [0, 0.05) is 0 Å². The van der Waals surface area contributed by atoms with Gasteiger partial charge in [0.25, 0.3) is 11.3 Å². The Balaban J connectivity index is 2.43. The highest BCUT2D eigenvalue weighted by molar-refractivity contribution is 7.80. The van der Waals surface area contributed by atoms with Crippen molar-refractivity contribution in [1.29, 1.82) is 0 Å². The molecule has 8 heteroatoms. The molecule has 1 atom stereocenters. The molecule has 0 saturated carbocycles. The van der Waals surface area contributed by atoms with E-state index >= 15 is 0 Å². The van der Waals surface area contributed by atoms with Gasteiger partial charge in [0.05, 0.1) is 11.3 Å². The third-order valence-corrected chi connectivity index (χ3v) is 3.69. The number of alkyl halides is 3. The van der Waals surface area contributed by atoms with Gasteiger partial charge in [0.2, 0.25) is 0 Å². The fraction of sp³-hybridized carbons (Fsp3) is 0.200. The summed E-state index contributed by atoms with van der Waals surface area (Å²) in [7, 11) is 0. The van der Waals surface area contributed by atoms with Gasteiger partial charge in [-0.1, -0.05) is 19.1 Å². The molecule has 0 aliphatic heterocycles. The van der Waals surface area contributed by atoms with Gasteiger partial charge in [-0.25, -0.2) is 8.60 Å². The zero-order chi connectivity index (χ0) is 17.2. The molecule has 0 bridgehead atoms. The van der Waals surface area contributed by atoms with E-state index in [1.165, 1.54) is 18.2 Å². The Bertz CT molecular complexity index is 747. The van der Waals surface area contributed by atoms with E-state index < -0.39 is 28.8 Å². The van der Waals surface area contributed by atoms with Gasteiger partial charge in [-0.2, -0.15) is 13.2 Å². The Morgan fingerprint density at radius 3 is 2.26 bits per heavy atom. The van der Waals surface area contributed by atoms with Crippen LogP contribution < -0.4 is 4.72 Å². The quantitative estimate of drug-likeness (QED) is 0.626. The fourth-order valence-corrected chi connectivity index (χ4v) is 2.57. The molecule has 0 saturated heterocycles. The minimum atomic E-state index is -4.74. The second-order valence-corrected chi connectivity index (χ2v) is 5.47. The first kappa shape index (κ1) is 17.4. The normalized spacial score (nSPS) is 13.0. The fourth-order valence-electron chi connectivity index (χ4n) is 2.18. The molecule has 0 amide bonds. The van der Waals surface area contributed by atoms with Crippen molar-refractivity contribution in [2.75, 3.05) is 4.72 Å². The van der Waals surface area contributed by atoms with Crippen LogP contribution in [0.25, 0.3) is 11.1 Å². The van der Waals surface area contributed by atoms with E-state index in [2.05, 4.69) is 4.72 Å². The Hall–Kier alpha value is -1.93. The van der Waals surface area contributed by atoms with E-state index in [9.17, 15) is 21.8 Å². The van der Waals surface area contributed by atoms with Crippen LogP contribution in [-0.4, -0.2) is 8.76 Å². The zero-order valence-corrected chi connectivity index (χ0v) is 12.8. The minimum Gasteiger partial charge on any atom is -0.289 e. The molecule has 0 aliphatic rings. The van der Waals surface area contributed by atoms with Crippen LogP contribution in [0.15, 0.2) is 36.4 Å². The second-order valence-electron chi connectivity index (χ2n) is 4.77. The topological polar surface area (TPSA) is 49.3 Å². The van der Waals surface area contributed by atoms with Crippen molar-refractivity contribution in [1.82, 2.24) is 0 Å². The molecule has 2 rings (SSSR count). The average molecular weight is 347 g/mol. The molecular weight excluding hydrogens is 334 g/mol. The predicted octanol–water partition coefficient (Wildman–Crippen LogP) is 4.62. The lowest BCUT2D eigenvalue weighted by atomic mass is 9.99. The number of hydrogen-bond acceptors (Lipinski definition) is 1. The maximum absolute atomic E-state index is 13.7. The van der Waals surface area contributed by atoms with Crippen molar-refractivity contribution in [2.45, 2.75) is 19.5 Å².